The number of anilines is 1. The lowest BCUT2D eigenvalue weighted by Crippen LogP contribution is -2.43. The molecule has 1 atom stereocenters. The topological polar surface area (TPSA) is 67.2 Å². The summed E-state index contributed by atoms with van der Waals surface area (Å²) in [5.74, 6) is 1.30. The fraction of sp³-hybridized carbons (Fsp3) is 0.351. The van der Waals surface area contributed by atoms with Crippen LogP contribution >= 0.6 is 0 Å². The van der Waals surface area contributed by atoms with Gasteiger partial charge in [-0.25, -0.2) is 0 Å². The Morgan fingerprint density at radius 1 is 0.756 bits per heavy atom. The lowest BCUT2D eigenvalue weighted by molar-refractivity contribution is 0.0698. The Morgan fingerprint density at radius 2 is 1.51 bits per heavy atom. The number of carbonyl (C=O) groups excluding carboxylic acids is 2. The number of fused-ring (bicyclic) bond motifs is 2. The summed E-state index contributed by atoms with van der Waals surface area (Å²) in [6, 6.07) is 25.6. The molecule has 0 spiro atoms. The second kappa shape index (κ2) is 12.4. The van der Waals surface area contributed by atoms with E-state index >= 15 is 0 Å². The molecule has 3 aromatic carbocycles. The van der Waals surface area contributed by atoms with Crippen LogP contribution in [0.1, 0.15) is 57.8 Å². The molecule has 4 heterocycles. The molecule has 0 aliphatic carbocycles. The summed E-state index contributed by atoms with van der Waals surface area (Å²) in [5, 5.41) is 0. The first kappa shape index (κ1) is 29.2. The van der Waals surface area contributed by atoms with Crippen LogP contribution in [0.2, 0.25) is 0 Å². The van der Waals surface area contributed by atoms with Crippen LogP contribution in [-0.4, -0.2) is 72.6 Å². The van der Waals surface area contributed by atoms with Crippen LogP contribution in [0.25, 0.3) is 11.1 Å². The van der Waals surface area contributed by atoms with E-state index in [1.54, 1.807) is 20.3 Å². The summed E-state index contributed by atoms with van der Waals surface area (Å²) in [4.78, 5) is 34.8. The molecule has 3 aliphatic rings. The maximum absolute atomic E-state index is 14.3. The zero-order valence-electron chi connectivity index (χ0n) is 26.1. The van der Waals surface area contributed by atoms with E-state index in [2.05, 4.69) is 20.4 Å². The summed E-state index contributed by atoms with van der Waals surface area (Å²) in [6.07, 6.45) is 4.60. The molecule has 1 aromatic heterocycles. The first-order valence-electron chi connectivity index (χ1n) is 16.0. The maximum Gasteiger partial charge on any atom is 0.270 e. The molecule has 0 radical (unpaired) electrons. The van der Waals surface area contributed by atoms with Crippen LogP contribution in [0.5, 0.6) is 11.5 Å². The van der Waals surface area contributed by atoms with Crippen molar-refractivity contribution in [2.75, 3.05) is 45.3 Å². The molecule has 0 unspecified atom stereocenters. The van der Waals surface area contributed by atoms with Gasteiger partial charge in [0.05, 0.1) is 27.3 Å². The van der Waals surface area contributed by atoms with Gasteiger partial charge in [-0.05, 0) is 86.8 Å². The van der Waals surface area contributed by atoms with E-state index in [1.807, 2.05) is 71.6 Å². The fourth-order valence-electron chi connectivity index (χ4n) is 7.30. The molecule has 8 heteroatoms. The van der Waals surface area contributed by atoms with E-state index < -0.39 is 0 Å². The minimum absolute atomic E-state index is 0.0943. The number of hydrogen-bond donors (Lipinski definition) is 0. The van der Waals surface area contributed by atoms with Crippen molar-refractivity contribution in [3.05, 3.63) is 101 Å². The van der Waals surface area contributed by atoms with Crippen molar-refractivity contribution in [2.45, 2.75) is 44.8 Å². The van der Waals surface area contributed by atoms with Crippen LogP contribution in [0, 0.1) is 0 Å². The largest absolute Gasteiger partial charge is 0.496 e. The normalized spacial score (nSPS) is 18.0. The molecule has 45 heavy (non-hydrogen) atoms. The number of likely N-dealkylation sites (tertiary alicyclic amines) is 2. The van der Waals surface area contributed by atoms with Crippen molar-refractivity contribution >= 4 is 17.5 Å². The van der Waals surface area contributed by atoms with Crippen LogP contribution in [0.15, 0.2) is 78.9 Å². The van der Waals surface area contributed by atoms with Gasteiger partial charge in [-0.2, -0.15) is 0 Å². The standard InChI is InChI=1S/C37H40N4O4/c1-44-34-14-6-4-12-30(34)31-17-15-26(22-35(31)45-2)36(42)41-25-29-16-18-33(40(29)23-27-10-3-5-13-32(27)41)37(43)39-21-9-11-28(39)24-38-19-7-8-20-38/h3-6,10,12-18,22,28H,7-9,11,19-21,23-25H2,1-2H3/t28-/m0/s1. The van der Waals surface area contributed by atoms with Gasteiger partial charge in [0.1, 0.15) is 17.2 Å². The Bertz CT molecular complexity index is 1720. The van der Waals surface area contributed by atoms with Gasteiger partial charge < -0.3 is 28.7 Å². The number of hydrogen-bond acceptors (Lipinski definition) is 5. The predicted octanol–water partition coefficient (Wildman–Crippen LogP) is 6.08. The first-order chi connectivity index (χ1) is 22.1. The van der Waals surface area contributed by atoms with Crippen LogP contribution in [0.3, 0.4) is 0 Å². The molecule has 4 aromatic rings. The van der Waals surface area contributed by atoms with E-state index in [-0.39, 0.29) is 17.9 Å². The molecule has 3 aliphatic heterocycles. The van der Waals surface area contributed by atoms with Crippen molar-refractivity contribution in [1.82, 2.24) is 14.4 Å². The summed E-state index contributed by atoms with van der Waals surface area (Å²) >= 11 is 0. The highest BCUT2D eigenvalue weighted by Gasteiger charge is 2.34. The van der Waals surface area contributed by atoms with Crippen molar-refractivity contribution in [3.8, 4) is 22.6 Å². The molecule has 7 rings (SSSR count). The van der Waals surface area contributed by atoms with Crippen molar-refractivity contribution < 1.29 is 19.1 Å². The van der Waals surface area contributed by atoms with E-state index in [4.69, 9.17) is 9.47 Å². The molecule has 0 saturated carbocycles. The van der Waals surface area contributed by atoms with Crippen LogP contribution in [-0.2, 0) is 13.1 Å². The predicted molar refractivity (Wildman–Crippen MR) is 175 cm³/mol. The average molecular weight is 605 g/mol. The van der Waals surface area contributed by atoms with Crippen LogP contribution < -0.4 is 14.4 Å². The van der Waals surface area contributed by atoms with E-state index in [0.29, 0.717) is 30.1 Å². The highest BCUT2D eigenvalue weighted by molar-refractivity contribution is 6.07. The molecule has 0 N–H and O–H groups in total. The SMILES string of the molecule is COc1ccccc1-c1ccc(C(=O)N2Cc3ccc(C(=O)N4CCC[C@H]4CN4CCCC4)n3Cc3ccccc32)cc1OC. The minimum Gasteiger partial charge on any atom is -0.496 e. The van der Waals surface area contributed by atoms with Crippen molar-refractivity contribution in [3.63, 3.8) is 0 Å². The summed E-state index contributed by atoms with van der Waals surface area (Å²) in [5.41, 5.74) is 5.77. The Labute approximate surface area is 264 Å². The molecular formula is C37H40N4O4. The van der Waals surface area contributed by atoms with Gasteiger partial charge in [0.15, 0.2) is 0 Å². The Balaban J connectivity index is 1.19. The zero-order valence-corrected chi connectivity index (χ0v) is 26.1. The lowest BCUT2D eigenvalue weighted by atomic mass is 10.0. The van der Waals surface area contributed by atoms with Gasteiger partial charge >= 0.3 is 0 Å². The van der Waals surface area contributed by atoms with Gasteiger partial charge in [-0.3, -0.25) is 9.59 Å². The molecular weight excluding hydrogens is 564 g/mol. The zero-order chi connectivity index (χ0) is 30.9. The van der Waals surface area contributed by atoms with Gasteiger partial charge in [0.25, 0.3) is 11.8 Å². The number of amides is 2. The number of rotatable bonds is 7. The Morgan fingerprint density at radius 3 is 2.33 bits per heavy atom. The third-order valence-corrected chi connectivity index (χ3v) is 9.62. The van der Waals surface area contributed by atoms with Crippen molar-refractivity contribution in [2.24, 2.45) is 0 Å². The monoisotopic (exact) mass is 604 g/mol. The van der Waals surface area contributed by atoms with Crippen molar-refractivity contribution in [1.29, 1.82) is 0 Å². The number of ether oxygens (including phenoxy) is 2. The quantitative estimate of drug-likeness (QED) is 0.256. The number of nitrogens with zero attached hydrogens (tertiary/aromatic N) is 4. The number of methoxy groups -OCH3 is 2. The summed E-state index contributed by atoms with van der Waals surface area (Å²) in [6.45, 7) is 4.92. The molecule has 232 valence electrons. The Hall–Kier alpha value is -4.56. The number of carbonyl (C=O) groups is 2. The molecule has 2 saturated heterocycles. The lowest BCUT2D eigenvalue weighted by Gasteiger charge is -2.29. The van der Waals surface area contributed by atoms with Gasteiger partial charge in [0, 0.05) is 47.2 Å². The van der Waals surface area contributed by atoms with E-state index in [1.165, 1.54) is 12.8 Å². The average Bonchev–Trinajstić information content (AvgIpc) is 3.84. The van der Waals surface area contributed by atoms with Crippen LogP contribution in [0.4, 0.5) is 5.69 Å². The number of para-hydroxylation sites is 2. The van der Waals surface area contributed by atoms with E-state index in [0.717, 1.165) is 72.8 Å². The summed E-state index contributed by atoms with van der Waals surface area (Å²) in [7, 11) is 3.26. The highest BCUT2D eigenvalue weighted by Crippen LogP contribution is 2.38. The third kappa shape index (κ3) is 5.48. The summed E-state index contributed by atoms with van der Waals surface area (Å²) < 4.78 is 13.5. The molecule has 2 fully saturated rings. The first-order valence-corrected chi connectivity index (χ1v) is 16.0. The second-order valence-electron chi connectivity index (χ2n) is 12.2. The van der Waals surface area contributed by atoms with Gasteiger partial charge in [0.2, 0.25) is 0 Å². The smallest absolute Gasteiger partial charge is 0.270 e. The fourth-order valence-corrected chi connectivity index (χ4v) is 7.30. The molecule has 8 nitrogen and oxygen atoms in total. The third-order valence-electron chi connectivity index (χ3n) is 9.62. The second-order valence-corrected chi connectivity index (χ2v) is 12.2. The van der Waals surface area contributed by atoms with Gasteiger partial charge in [-0.15, -0.1) is 0 Å². The number of aromatic nitrogens is 1. The molecule has 0 bridgehead atoms. The minimum atomic E-state index is -0.125. The Kier molecular flexibility index (Phi) is 8.06. The maximum atomic E-state index is 14.3. The van der Waals surface area contributed by atoms with Gasteiger partial charge in [-0.1, -0.05) is 36.4 Å². The highest BCUT2D eigenvalue weighted by atomic mass is 16.5. The molecule has 2 amide bonds. The number of benzene rings is 3. The van der Waals surface area contributed by atoms with E-state index in [9.17, 15) is 9.59 Å².